The molecular formula is C15H28O3. The first-order chi connectivity index (χ1) is 8.61. The van der Waals surface area contributed by atoms with Gasteiger partial charge < -0.3 is 9.84 Å². The largest absolute Gasteiger partial charge is 0.462 e. The molecule has 0 radical (unpaired) electrons. The van der Waals surface area contributed by atoms with E-state index in [-0.39, 0.29) is 12.1 Å². The van der Waals surface area contributed by atoms with Gasteiger partial charge in [0.2, 0.25) is 0 Å². The van der Waals surface area contributed by atoms with Gasteiger partial charge >= 0.3 is 5.97 Å². The summed E-state index contributed by atoms with van der Waals surface area (Å²) in [5.41, 5.74) is 0. The predicted octanol–water partition coefficient (Wildman–Crippen LogP) is 3.44. The van der Waals surface area contributed by atoms with Crippen LogP contribution in [-0.2, 0) is 9.53 Å². The molecule has 3 heteroatoms. The van der Waals surface area contributed by atoms with Crippen molar-refractivity contribution in [3.8, 4) is 0 Å². The van der Waals surface area contributed by atoms with Gasteiger partial charge in [0, 0.05) is 0 Å². The Kier molecular flexibility index (Phi) is 7.33. The van der Waals surface area contributed by atoms with Crippen LogP contribution in [0.15, 0.2) is 0 Å². The fraction of sp³-hybridized carbons (Fsp3) is 0.933. The molecule has 0 amide bonds. The number of aliphatic hydroxyl groups is 1. The second kappa shape index (κ2) is 8.52. The number of carbonyl (C=O) groups is 1. The fourth-order valence-electron chi connectivity index (χ4n) is 2.44. The van der Waals surface area contributed by atoms with Crippen molar-refractivity contribution in [2.24, 2.45) is 5.92 Å². The Balaban J connectivity index is 2.46. The molecule has 0 aromatic heterocycles. The highest BCUT2D eigenvalue weighted by atomic mass is 16.5. The molecule has 1 heterocycles. The average molecular weight is 256 g/mol. The minimum absolute atomic E-state index is 0.0184. The summed E-state index contributed by atoms with van der Waals surface area (Å²) in [4.78, 5) is 11.8. The number of hydrogen-bond donors (Lipinski definition) is 1. The van der Waals surface area contributed by atoms with Gasteiger partial charge in [-0.05, 0) is 33.1 Å². The van der Waals surface area contributed by atoms with Crippen molar-refractivity contribution in [2.45, 2.75) is 83.8 Å². The van der Waals surface area contributed by atoms with Crippen LogP contribution in [0.2, 0.25) is 0 Å². The van der Waals surface area contributed by atoms with Crippen molar-refractivity contribution >= 4 is 5.97 Å². The molecule has 106 valence electrons. The van der Waals surface area contributed by atoms with E-state index in [2.05, 4.69) is 0 Å². The van der Waals surface area contributed by atoms with Gasteiger partial charge in [0.05, 0.1) is 18.1 Å². The number of carbonyl (C=O) groups excluding carboxylic acids is 1. The maximum Gasteiger partial charge on any atom is 0.311 e. The smallest absolute Gasteiger partial charge is 0.311 e. The minimum Gasteiger partial charge on any atom is -0.462 e. The molecule has 0 saturated carbocycles. The number of ether oxygens (including phenoxy) is 1. The van der Waals surface area contributed by atoms with Crippen molar-refractivity contribution in [1.82, 2.24) is 0 Å². The zero-order valence-corrected chi connectivity index (χ0v) is 11.9. The lowest BCUT2D eigenvalue weighted by atomic mass is 9.97. The van der Waals surface area contributed by atoms with Gasteiger partial charge in [-0.3, -0.25) is 4.79 Å². The van der Waals surface area contributed by atoms with Crippen molar-refractivity contribution in [3.63, 3.8) is 0 Å². The molecule has 0 unspecified atom stereocenters. The molecule has 0 aliphatic carbocycles. The van der Waals surface area contributed by atoms with Crippen LogP contribution >= 0.6 is 0 Å². The Labute approximate surface area is 111 Å². The molecule has 3 nitrogen and oxygen atoms in total. The van der Waals surface area contributed by atoms with Crippen LogP contribution in [0.4, 0.5) is 0 Å². The Morgan fingerprint density at radius 1 is 0.944 bits per heavy atom. The molecule has 1 fully saturated rings. The van der Waals surface area contributed by atoms with E-state index in [0.717, 1.165) is 25.7 Å². The monoisotopic (exact) mass is 256 g/mol. The van der Waals surface area contributed by atoms with Gasteiger partial charge in [0.25, 0.3) is 0 Å². The van der Waals surface area contributed by atoms with Crippen LogP contribution in [0.3, 0.4) is 0 Å². The van der Waals surface area contributed by atoms with Crippen LogP contribution in [-0.4, -0.2) is 23.3 Å². The summed E-state index contributed by atoms with van der Waals surface area (Å²) in [6, 6.07) is 0. The van der Waals surface area contributed by atoms with Crippen molar-refractivity contribution in [2.75, 3.05) is 0 Å². The van der Waals surface area contributed by atoms with Crippen LogP contribution < -0.4 is 0 Å². The highest BCUT2D eigenvalue weighted by Crippen LogP contribution is 2.18. The van der Waals surface area contributed by atoms with Crippen LogP contribution in [0, 0.1) is 5.92 Å². The molecule has 1 saturated heterocycles. The number of hydrogen-bond acceptors (Lipinski definition) is 3. The van der Waals surface area contributed by atoms with Crippen LogP contribution in [0.1, 0.15) is 71.6 Å². The standard InChI is InChI=1S/C15H28O3/c1-12-10-8-6-4-3-5-7-9-11-14(16)13(2)15(17)18-12/h12-14,16H,3-11H2,1-2H3/t12-,13+,14-/m0/s1. The lowest BCUT2D eigenvalue weighted by molar-refractivity contribution is -0.156. The highest BCUT2D eigenvalue weighted by molar-refractivity contribution is 5.72. The molecule has 3 atom stereocenters. The summed E-state index contributed by atoms with van der Waals surface area (Å²) in [6.45, 7) is 3.72. The van der Waals surface area contributed by atoms with Gasteiger partial charge in [-0.2, -0.15) is 0 Å². The second-order valence-corrected chi connectivity index (χ2v) is 5.66. The Morgan fingerprint density at radius 3 is 2.06 bits per heavy atom. The molecule has 0 bridgehead atoms. The topological polar surface area (TPSA) is 46.5 Å². The molecule has 0 aromatic rings. The Morgan fingerprint density at radius 2 is 1.44 bits per heavy atom. The van der Waals surface area contributed by atoms with Gasteiger partial charge in [-0.1, -0.05) is 38.5 Å². The minimum atomic E-state index is -0.548. The molecule has 0 spiro atoms. The van der Waals surface area contributed by atoms with E-state index < -0.39 is 12.0 Å². The van der Waals surface area contributed by atoms with E-state index in [1.807, 2.05) is 6.92 Å². The summed E-state index contributed by atoms with van der Waals surface area (Å²) in [5, 5.41) is 9.94. The summed E-state index contributed by atoms with van der Waals surface area (Å²) in [6.07, 6.45) is 9.44. The first-order valence-electron chi connectivity index (χ1n) is 7.50. The summed E-state index contributed by atoms with van der Waals surface area (Å²) in [5.74, 6) is -0.637. The van der Waals surface area contributed by atoms with Crippen molar-refractivity contribution < 1.29 is 14.6 Å². The first-order valence-corrected chi connectivity index (χ1v) is 7.50. The molecule has 1 rings (SSSR count). The Bertz CT molecular complexity index is 240. The van der Waals surface area contributed by atoms with E-state index in [1.54, 1.807) is 6.92 Å². The third kappa shape index (κ3) is 5.85. The summed E-state index contributed by atoms with van der Waals surface area (Å²) >= 11 is 0. The molecule has 18 heavy (non-hydrogen) atoms. The third-order valence-corrected chi connectivity index (χ3v) is 3.88. The predicted molar refractivity (Wildman–Crippen MR) is 72.3 cm³/mol. The maximum atomic E-state index is 11.8. The molecule has 1 aliphatic heterocycles. The number of cyclic esters (lactones) is 1. The molecular weight excluding hydrogens is 228 g/mol. The van der Waals surface area contributed by atoms with Crippen molar-refractivity contribution in [3.05, 3.63) is 0 Å². The third-order valence-electron chi connectivity index (χ3n) is 3.88. The van der Waals surface area contributed by atoms with E-state index in [0.29, 0.717) is 6.42 Å². The van der Waals surface area contributed by atoms with Crippen LogP contribution in [0.25, 0.3) is 0 Å². The summed E-state index contributed by atoms with van der Waals surface area (Å²) < 4.78 is 5.38. The van der Waals surface area contributed by atoms with E-state index >= 15 is 0 Å². The van der Waals surface area contributed by atoms with Crippen LogP contribution in [0.5, 0.6) is 0 Å². The first kappa shape index (κ1) is 15.5. The lowest BCUT2D eigenvalue weighted by Crippen LogP contribution is -2.29. The van der Waals surface area contributed by atoms with E-state index in [9.17, 15) is 9.90 Å². The van der Waals surface area contributed by atoms with Gasteiger partial charge in [0.15, 0.2) is 0 Å². The Hall–Kier alpha value is -0.570. The fourth-order valence-corrected chi connectivity index (χ4v) is 2.44. The normalized spacial score (nSPS) is 33.5. The highest BCUT2D eigenvalue weighted by Gasteiger charge is 2.24. The maximum absolute atomic E-state index is 11.8. The SMILES string of the molecule is C[C@H]1CCCCCCCCC[C@H](O)[C@@H](C)C(=O)O1. The van der Waals surface area contributed by atoms with E-state index in [4.69, 9.17) is 4.74 Å². The number of rotatable bonds is 0. The average Bonchev–Trinajstić information content (AvgIpc) is 2.34. The quantitative estimate of drug-likeness (QED) is 0.675. The van der Waals surface area contributed by atoms with E-state index in [1.165, 1.54) is 25.7 Å². The second-order valence-electron chi connectivity index (χ2n) is 5.66. The van der Waals surface area contributed by atoms with Gasteiger partial charge in [-0.25, -0.2) is 0 Å². The molecule has 0 aromatic carbocycles. The zero-order valence-electron chi connectivity index (χ0n) is 11.9. The van der Waals surface area contributed by atoms with Gasteiger partial charge in [0.1, 0.15) is 0 Å². The lowest BCUT2D eigenvalue weighted by Gasteiger charge is -2.21. The summed E-state index contributed by atoms with van der Waals surface area (Å²) in [7, 11) is 0. The van der Waals surface area contributed by atoms with Crippen molar-refractivity contribution in [1.29, 1.82) is 0 Å². The number of esters is 1. The number of aliphatic hydroxyl groups excluding tert-OH is 1. The van der Waals surface area contributed by atoms with Gasteiger partial charge in [-0.15, -0.1) is 0 Å². The zero-order chi connectivity index (χ0) is 13.4. The molecule has 1 N–H and O–H groups in total. The molecule has 1 aliphatic rings.